The molecule has 362 valence electrons. The van der Waals surface area contributed by atoms with Crippen LogP contribution in [0, 0.1) is 46.9 Å². The summed E-state index contributed by atoms with van der Waals surface area (Å²) >= 11 is 34.9. The zero-order valence-corrected chi connectivity index (χ0v) is 57.7. The molecule has 18 heteroatoms. The van der Waals surface area contributed by atoms with Crippen LogP contribution in [-0.4, -0.2) is 46.1 Å². The van der Waals surface area contributed by atoms with Gasteiger partial charge in [0.25, 0.3) is 0 Å². The van der Waals surface area contributed by atoms with Crippen molar-refractivity contribution in [2.45, 2.75) is 41.5 Å². The van der Waals surface area contributed by atoms with Gasteiger partial charge in [-0.05, 0) is 199 Å². The van der Waals surface area contributed by atoms with Crippen LogP contribution in [0.25, 0.3) is 78.0 Å². The minimum Gasteiger partial charge on any atom is -1.00 e. The zero-order chi connectivity index (χ0) is 48.2. The quantitative estimate of drug-likeness (QED) is 0.105. The fourth-order valence-electron chi connectivity index (χ4n) is 6.83. The number of halogens is 4. The summed E-state index contributed by atoms with van der Waals surface area (Å²) in [6.07, 6.45) is 0. The number of hydrogen-bond donors (Lipinski definition) is 0. The van der Waals surface area contributed by atoms with Crippen LogP contribution < -0.4 is 17.0 Å². The van der Waals surface area contributed by atoms with Gasteiger partial charge in [-0.15, -0.1) is 130 Å². The van der Waals surface area contributed by atoms with Crippen LogP contribution in [0.3, 0.4) is 0 Å². The monoisotopic (exact) mass is 1390 g/mol. The van der Waals surface area contributed by atoms with Crippen LogP contribution in [0.2, 0.25) is 4.34 Å². The van der Waals surface area contributed by atoms with Gasteiger partial charge in [-0.3, -0.25) is 0 Å². The maximum atomic E-state index is 6.14. The first-order chi connectivity index (χ1) is 33.3. The average Bonchev–Trinajstić information content (AvgIpc) is 4.12. The summed E-state index contributed by atoms with van der Waals surface area (Å²) in [5.74, 6) is 0. The second-order valence-corrected chi connectivity index (χ2v) is 32.4. The second-order valence-electron chi connectivity index (χ2n) is 15.4. The van der Waals surface area contributed by atoms with Gasteiger partial charge in [0, 0.05) is 92.7 Å². The molecule has 0 unspecified atom stereocenters. The van der Waals surface area contributed by atoms with Gasteiger partial charge in [-0.1, -0.05) is 18.5 Å². The van der Waals surface area contributed by atoms with Crippen LogP contribution in [-0.2, 0) is 0 Å². The summed E-state index contributed by atoms with van der Waals surface area (Å²) in [6, 6.07) is 48.2. The predicted molar refractivity (Wildman–Crippen MR) is 345 cm³/mol. The van der Waals surface area contributed by atoms with Gasteiger partial charge in [0.15, 0.2) is 0 Å². The maximum Gasteiger partial charge on any atom is 2.00 e. The van der Waals surface area contributed by atoms with Crippen molar-refractivity contribution in [3.05, 3.63) is 181 Å². The number of aryl methyl sites for hydroxylation is 6. The second kappa shape index (κ2) is 28.5. The van der Waals surface area contributed by atoms with E-state index in [1.807, 2.05) is 109 Å². The fraction of sp³-hybridized carbons (Fsp3) is 0.111. The van der Waals surface area contributed by atoms with Crippen LogP contribution in [0.15, 0.2) is 141 Å². The Balaban J connectivity index is 0.000000251. The Labute approximate surface area is 538 Å². The molecule has 12 heterocycles. The molecule has 72 heavy (non-hydrogen) atoms. The normalized spacial score (nSPS) is 10.5. The van der Waals surface area contributed by atoms with Crippen molar-refractivity contribution in [1.82, 2.24) is 0 Å². The van der Waals surface area contributed by atoms with Crippen LogP contribution in [0.5, 0.6) is 0 Å². The first-order valence-corrected chi connectivity index (χ1v) is 33.0. The molecule has 0 saturated heterocycles. The van der Waals surface area contributed by atoms with Crippen molar-refractivity contribution in [3.63, 3.8) is 0 Å². The van der Waals surface area contributed by atoms with Gasteiger partial charge >= 0.3 is 46.1 Å². The van der Waals surface area contributed by atoms with Crippen molar-refractivity contribution in [1.29, 1.82) is 0 Å². The van der Waals surface area contributed by atoms with E-state index in [0.717, 1.165) is 4.34 Å². The predicted octanol–water partition coefficient (Wildman–Crippen LogP) is 21.1. The van der Waals surface area contributed by atoms with E-state index >= 15 is 0 Å². The Bertz CT molecular complexity index is 3550. The summed E-state index contributed by atoms with van der Waals surface area (Å²) in [4.78, 5) is 26.9. The molecule has 0 N–H and O–H groups in total. The molecule has 0 aliphatic heterocycles. The Morgan fingerprint density at radius 3 is 1.00 bits per heavy atom. The van der Waals surface area contributed by atoms with Crippen molar-refractivity contribution >= 4 is 226 Å². The molecule has 12 aromatic rings. The van der Waals surface area contributed by atoms with Crippen LogP contribution >= 0.6 is 180 Å². The van der Waals surface area contributed by atoms with Crippen LogP contribution in [0.1, 0.15) is 33.5 Å². The minimum atomic E-state index is 0. The van der Waals surface area contributed by atoms with Crippen molar-refractivity contribution in [3.8, 4) is 78.0 Å². The van der Waals surface area contributed by atoms with Crippen molar-refractivity contribution in [2.24, 2.45) is 0 Å². The summed E-state index contributed by atoms with van der Waals surface area (Å²) in [6.45, 7) is 12.9. The van der Waals surface area contributed by atoms with E-state index in [9.17, 15) is 0 Å². The van der Waals surface area contributed by atoms with Gasteiger partial charge < -0.3 is 31.2 Å². The third-order valence-corrected chi connectivity index (χ3v) is 25.5. The molecule has 0 fully saturated rings. The third-order valence-electron chi connectivity index (χ3n) is 10.1. The van der Waals surface area contributed by atoms with E-state index in [2.05, 4.69) is 194 Å². The summed E-state index contributed by atoms with van der Waals surface area (Å²) in [5, 5.41) is 2.97. The first-order valence-electron chi connectivity index (χ1n) is 21.2. The molecular formula is C54H42Br3ClMg2S12. The Morgan fingerprint density at radius 1 is 0.347 bits per heavy atom. The van der Waals surface area contributed by atoms with E-state index in [-0.39, 0.29) is 65.9 Å². The molecule has 0 radical (unpaired) electrons. The molecule has 0 nitrogen and oxygen atoms in total. The third kappa shape index (κ3) is 15.9. The molecule has 0 bridgehead atoms. The van der Waals surface area contributed by atoms with Crippen molar-refractivity contribution < 1.29 is 19.8 Å². The fourth-order valence-corrected chi connectivity index (χ4v) is 20.3. The average molecular weight is 1400 g/mol. The molecule has 12 rings (SSSR count). The van der Waals surface area contributed by atoms with Crippen LogP contribution in [0.4, 0.5) is 0 Å². The van der Waals surface area contributed by atoms with Gasteiger partial charge in [0.1, 0.15) is 0 Å². The van der Waals surface area contributed by atoms with E-state index < -0.39 is 0 Å². The molecule has 0 saturated carbocycles. The van der Waals surface area contributed by atoms with E-state index in [1.165, 1.54) is 116 Å². The van der Waals surface area contributed by atoms with E-state index in [1.54, 1.807) is 45.3 Å². The molecule has 0 aliphatic rings. The standard InChI is InChI=1S/C27H20S6.C17H10BrClS4.C5H5BrS.C5H5S.BrH.2Mg.2H/c1-15-14-26(24-7-5-17(3)29-24)33-27(15)25-13-12-23(32-25)22-11-10-21(31-22)20-9-8-19(30-20)18-6-4-16(2)28-18;1-9-8-16(19)23-17(9)14-5-4-11(21-14)10-2-3-12(20-10)13-6-7-15(18)22-13;1-4-2-3-5(6)7-4;1-5-3-2-4-6-5;;;;;/h4-14H,1-3H3;2-8H,1H3;2-3H,1H3;2-3H,1H3;1H;;;;/q;;;-1;;2*+2;2*-1/p-1. The molecule has 0 aromatic carbocycles. The molecule has 12 aromatic heterocycles. The molecule has 0 spiro atoms. The maximum absolute atomic E-state index is 6.14. The molecule has 0 aliphatic carbocycles. The Hall–Kier alpha value is -0.338. The number of thiophene rings is 12. The van der Waals surface area contributed by atoms with Gasteiger partial charge in [-0.2, -0.15) is 10.9 Å². The number of rotatable bonds is 8. The SMILES string of the molecule is Cc1cc(Cl)sc1-c1ccc(-c2ccc(-c3ccc(Br)s3)s2)s1.Cc1cc[c-]s1.Cc1ccc(-c2ccc(-c3ccc(-c4ccc(-c5sc(-c6ccc(C)s6)cc5C)s4)s3)s2)s1.Cc1ccc(Br)s1.[Br-].[H-].[H-].[Mg+2].[Mg+2]. The molecular weight excluding hydrogens is 1360 g/mol. The largest absolute Gasteiger partial charge is 2.00 e. The summed E-state index contributed by atoms with van der Waals surface area (Å²) in [5.41, 5.74) is 2.62. The van der Waals surface area contributed by atoms with Gasteiger partial charge in [0.05, 0.1) is 11.9 Å². The Kier molecular flexibility index (Phi) is 24.1. The minimum absolute atomic E-state index is 0. The molecule has 0 amide bonds. The molecule has 0 atom stereocenters. The summed E-state index contributed by atoms with van der Waals surface area (Å²) < 4.78 is 3.24. The smallest absolute Gasteiger partial charge is 1.00 e. The van der Waals surface area contributed by atoms with E-state index in [4.69, 9.17) is 11.6 Å². The van der Waals surface area contributed by atoms with Gasteiger partial charge in [0.2, 0.25) is 0 Å². The van der Waals surface area contributed by atoms with Crippen molar-refractivity contribution in [2.75, 3.05) is 0 Å². The zero-order valence-electron chi connectivity index (χ0n) is 41.5. The number of hydrogen-bond acceptors (Lipinski definition) is 12. The first kappa shape index (κ1) is 60.9. The summed E-state index contributed by atoms with van der Waals surface area (Å²) in [7, 11) is 0. The topological polar surface area (TPSA) is 0 Å². The van der Waals surface area contributed by atoms with Gasteiger partial charge in [-0.25, -0.2) is 6.07 Å². The Morgan fingerprint density at radius 2 is 0.681 bits per heavy atom. The van der Waals surface area contributed by atoms with E-state index in [0.29, 0.717) is 0 Å².